The first kappa shape index (κ1) is 13.4. The molecule has 1 atom stereocenters. The summed E-state index contributed by atoms with van der Waals surface area (Å²) in [6, 6.07) is 7.14. The topological polar surface area (TPSA) is 58.6 Å². The van der Waals surface area contributed by atoms with Gasteiger partial charge in [-0.15, -0.1) is 0 Å². The number of methoxy groups -OCH3 is 1. The summed E-state index contributed by atoms with van der Waals surface area (Å²) < 4.78 is 5.09. The molecule has 5 nitrogen and oxygen atoms in total. The lowest BCUT2D eigenvalue weighted by Gasteiger charge is -2.30. The van der Waals surface area contributed by atoms with Crippen LogP contribution >= 0.6 is 0 Å². The third-order valence-corrected chi connectivity index (χ3v) is 3.74. The smallest absolute Gasteiger partial charge is 0.325 e. The summed E-state index contributed by atoms with van der Waals surface area (Å²) in [4.78, 5) is 25.3. The summed E-state index contributed by atoms with van der Waals surface area (Å²) in [5, 5.41) is 2.37. The highest BCUT2D eigenvalue weighted by atomic mass is 16.5. The van der Waals surface area contributed by atoms with Gasteiger partial charge in [0.15, 0.2) is 0 Å². The largest absolute Gasteiger partial charge is 0.497 e. The molecule has 1 saturated heterocycles. The minimum absolute atomic E-state index is 0.228. The molecule has 5 heteroatoms. The van der Waals surface area contributed by atoms with Crippen LogP contribution in [0.5, 0.6) is 5.75 Å². The molecule has 1 aromatic carbocycles. The van der Waals surface area contributed by atoms with Crippen molar-refractivity contribution in [2.75, 3.05) is 7.11 Å². The summed E-state index contributed by atoms with van der Waals surface area (Å²) in [7, 11) is 1.61. The summed E-state index contributed by atoms with van der Waals surface area (Å²) in [6.45, 7) is 4.10. The second kappa shape index (κ2) is 4.91. The number of imide groups is 1. The molecule has 0 aliphatic carbocycles. The predicted molar refractivity (Wildman–Crippen MR) is 70.8 cm³/mol. The van der Waals surface area contributed by atoms with Crippen molar-refractivity contribution in [3.05, 3.63) is 29.8 Å². The first-order chi connectivity index (χ1) is 9.01. The van der Waals surface area contributed by atoms with Crippen molar-refractivity contribution in [2.24, 2.45) is 0 Å². The summed E-state index contributed by atoms with van der Waals surface area (Å²) >= 11 is 0. The average molecular weight is 262 g/mol. The number of benzene rings is 1. The van der Waals surface area contributed by atoms with Gasteiger partial charge >= 0.3 is 6.03 Å². The van der Waals surface area contributed by atoms with Gasteiger partial charge in [0.25, 0.3) is 5.91 Å². The second-order valence-corrected chi connectivity index (χ2v) is 4.82. The highest BCUT2D eigenvalue weighted by Gasteiger charge is 2.47. The van der Waals surface area contributed by atoms with Crippen molar-refractivity contribution in [3.63, 3.8) is 0 Å². The van der Waals surface area contributed by atoms with E-state index in [2.05, 4.69) is 5.32 Å². The Morgan fingerprint density at radius 1 is 1.26 bits per heavy atom. The van der Waals surface area contributed by atoms with Crippen LogP contribution in [0.15, 0.2) is 24.3 Å². The van der Waals surface area contributed by atoms with Crippen LogP contribution in [0.25, 0.3) is 0 Å². The molecule has 1 aliphatic heterocycles. The number of carbonyl (C=O) groups excluding carboxylic acids is 2. The van der Waals surface area contributed by atoms with Crippen LogP contribution in [-0.4, -0.2) is 29.5 Å². The summed E-state index contributed by atoms with van der Waals surface area (Å²) in [6.07, 6.45) is 0.584. The lowest BCUT2D eigenvalue weighted by atomic mass is 9.97. The number of carbonyl (C=O) groups is 2. The van der Waals surface area contributed by atoms with Crippen LogP contribution in [0.3, 0.4) is 0 Å². The van der Waals surface area contributed by atoms with Gasteiger partial charge in [0.2, 0.25) is 0 Å². The second-order valence-electron chi connectivity index (χ2n) is 4.82. The summed E-state index contributed by atoms with van der Waals surface area (Å²) in [5.74, 6) is 0.539. The lowest BCUT2D eigenvalue weighted by Crippen LogP contribution is -2.45. The number of nitrogens with one attached hydrogen (secondary N) is 1. The molecule has 1 aliphatic rings. The molecular weight excluding hydrogens is 244 g/mol. The lowest BCUT2D eigenvalue weighted by molar-refractivity contribution is -0.126. The molecular formula is C14H18N2O3. The van der Waals surface area contributed by atoms with Crippen molar-refractivity contribution >= 4 is 11.9 Å². The quantitative estimate of drug-likeness (QED) is 0.843. The van der Waals surface area contributed by atoms with Crippen LogP contribution < -0.4 is 10.1 Å². The first-order valence-corrected chi connectivity index (χ1v) is 6.27. The molecule has 1 aromatic rings. The van der Waals surface area contributed by atoms with Gasteiger partial charge in [-0.25, -0.2) is 4.79 Å². The standard InChI is InChI=1S/C14H18N2O3/c1-4-14(2)12(17)15-13(18)16(14)9-10-5-7-11(19-3)8-6-10/h5-8H,4,9H2,1-3H3,(H,15,17,18). The van der Waals surface area contributed by atoms with Crippen LogP contribution in [0, 0.1) is 0 Å². The van der Waals surface area contributed by atoms with Gasteiger partial charge in [0.05, 0.1) is 7.11 Å². The highest BCUT2D eigenvalue weighted by Crippen LogP contribution is 2.27. The highest BCUT2D eigenvalue weighted by molar-refractivity contribution is 6.06. The summed E-state index contributed by atoms with van der Waals surface area (Å²) in [5.41, 5.74) is 0.196. The molecule has 1 N–H and O–H groups in total. The van der Waals surface area contributed by atoms with E-state index in [1.54, 1.807) is 18.9 Å². The van der Waals surface area contributed by atoms with Crippen molar-refractivity contribution in [2.45, 2.75) is 32.4 Å². The molecule has 0 aromatic heterocycles. The minimum Gasteiger partial charge on any atom is -0.497 e. The molecule has 1 fully saturated rings. The molecule has 19 heavy (non-hydrogen) atoms. The number of hydrogen-bond acceptors (Lipinski definition) is 3. The molecule has 0 radical (unpaired) electrons. The normalized spacial score (nSPS) is 22.6. The molecule has 0 bridgehead atoms. The number of urea groups is 1. The monoisotopic (exact) mass is 262 g/mol. The van der Waals surface area contributed by atoms with E-state index in [9.17, 15) is 9.59 Å². The zero-order valence-electron chi connectivity index (χ0n) is 11.4. The number of rotatable bonds is 4. The van der Waals surface area contributed by atoms with E-state index >= 15 is 0 Å². The number of nitrogens with zero attached hydrogens (tertiary/aromatic N) is 1. The van der Waals surface area contributed by atoms with Crippen molar-refractivity contribution in [1.29, 1.82) is 0 Å². The average Bonchev–Trinajstić information content (AvgIpc) is 2.64. The minimum atomic E-state index is -0.767. The zero-order chi connectivity index (χ0) is 14.0. The molecule has 102 valence electrons. The third-order valence-electron chi connectivity index (χ3n) is 3.74. The molecule has 0 spiro atoms. The van der Waals surface area contributed by atoms with Gasteiger partial charge in [-0.1, -0.05) is 19.1 Å². The predicted octanol–water partition coefficient (Wildman–Crippen LogP) is 1.92. The van der Waals surface area contributed by atoms with E-state index in [0.29, 0.717) is 13.0 Å². The van der Waals surface area contributed by atoms with E-state index in [4.69, 9.17) is 4.74 Å². The fraction of sp³-hybridized carbons (Fsp3) is 0.429. The molecule has 2 rings (SSSR count). The van der Waals surface area contributed by atoms with Crippen LogP contribution in [-0.2, 0) is 11.3 Å². The van der Waals surface area contributed by atoms with Crippen molar-refractivity contribution < 1.29 is 14.3 Å². The maximum absolute atomic E-state index is 11.9. The molecule has 0 saturated carbocycles. The van der Waals surface area contributed by atoms with Crippen LogP contribution in [0.4, 0.5) is 4.79 Å². The maximum atomic E-state index is 11.9. The SMILES string of the molecule is CCC1(C)C(=O)NC(=O)N1Cc1ccc(OC)cc1. The number of amides is 3. The molecule has 3 amide bonds. The number of ether oxygens (including phenoxy) is 1. The Hall–Kier alpha value is -2.04. The van der Waals surface area contributed by atoms with Crippen molar-refractivity contribution in [1.82, 2.24) is 10.2 Å². The fourth-order valence-electron chi connectivity index (χ4n) is 2.16. The van der Waals surface area contributed by atoms with E-state index in [0.717, 1.165) is 11.3 Å². The van der Waals surface area contributed by atoms with Gasteiger partial charge in [0.1, 0.15) is 11.3 Å². The fourth-order valence-corrected chi connectivity index (χ4v) is 2.16. The molecule has 1 unspecified atom stereocenters. The first-order valence-electron chi connectivity index (χ1n) is 6.27. The van der Waals surface area contributed by atoms with E-state index in [1.165, 1.54) is 0 Å². The van der Waals surface area contributed by atoms with Crippen LogP contribution in [0.1, 0.15) is 25.8 Å². The maximum Gasteiger partial charge on any atom is 0.325 e. The van der Waals surface area contributed by atoms with Gasteiger partial charge in [0, 0.05) is 6.54 Å². The van der Waals surface area contributed by atoms with Gasteiger partial charge in [-0.2, -0.15) is 0 Å². The Morgan fingerprint density at radius 2 is 1.89 bits per heavy atom. The Labute approximate surface area is 112 Å². The van der Waals surface area contributed by atoms with E-state index < -0.39 is 5.54 Å². The Kier molecular flexibility index (Phi) is 3.46. The zero-order valence-corrected chi connectivity index (χ0v) is 11.4. The van der Waals surface area contributed by atoms with Gasteiger partial charge < -0.3 is 9.64 Å². The Bertz CT molecular complexity index is 498. The van der Waals surface area contributed by atoms with E-state index in [-0.39, 0.29) is 11.9 Å². The van der Waals surface area contributed by atoms with E-state index in [1.807, 2.05) is 31.2 Å². The third kappa shape index (κ3) is 2.28. The van der Waals surface area contributed by atoms with Crippen molar-refractivity contribution in [3.8, 4) is 5.75 Å². The Morgan fingerprint density at radius 3 is 2.42 bits per heavy atom. The number of hydrogen-bond donors (Lipinski definition) is 1. The molecule has 1 heterocycles. The van der Waals surface area contributed by atoms with Crippen LogP contribution in [0.2, 0.25) is 0 Å². The van der Waals surface area contributed by atoms with Gasteiger partial charge in [-0.3, -0.25) is 10.1 Å². The Balaban J connectivity index is 2.20. The van der Waals surface area contributed by atoms with Gasteiger partial charge in [-0.05, 0) is 31.0 Å².